The van der Waals surface area contributed by atoms with Crippen molar-refractivity contribution in [1.29, 1.82) is 0 Å². The molecule has 1 aromatic heterocycles. The Labute approximate surface area is 193 Å². The van der Waals surface area contributed by atoms with Crippen LogP contribution in [0.25, 0.3) is 0 Å². The van der Waals surface area contributed by atoms with Crippen molar-refractivity contribution in [3.8, 4) is 0 Å². The average Bonchev–Trinajstić information content (AvgIpc) is 2.78. The number of carbonyl (C=O) groups excluding carboxylic acids is 1. The molecule has 1 unspecified atom stereocenters. The zero-order chi connectivity index (χ0) is 22.1. The third kappa shape index (κ3) is 7.26. The summed E-state index contributed by atoms with van der Waals surface area (Å²) in [5.74, 6) is 0.910. The second kappa shape index (κ2) is 11.7. The average molecular weight is 455 g/mol. The highest BCUT2D eigenvalue weighted by molar-refractivity contribution is 7.99. The number of anilines is 1. The van der Waals surface area contributed by atoms with Crippen LogP contribution in [0.3, 0.4) is 0 Å². The van der Waals surface area contributed by atoms with Crippen LogP contribution in [0.15, 0.2) is 71.9 Å². The molecule has 0 aliphatic rings. The Bertz CT molecular complexity index is 972. The van der Waals surface area contributed by atoms with Gasteiger partial charge >= 0.3 is 0 Å². The van der Waals surface area contributed by atoms with E-state index in [0.29, 0.717) is 10.3 Å². The van der Waals surface area contributed by atoms with Crippen molar-refractivity contribution in [2.24, 2.45) is 0 Å². The smallest absolute Gasteiger partial charge is 0.230 e. The molecule has 0 spiro atoms. The van der Waals surface area contributed by atoms with Gasteiger partial charge in [0.05, 0.1) is 11.8 Å². The molecule has 5 nitrogen and oxygen atoms in total. The summed E-state index contributed by atoms with van der Waals surface area (Å²) in [5, 5.41) is 4.04. The number of nitrogens with zero attached hydrogens (tertiary/aromatic N) is 3. The lowest BCUT2D eigenvalue weighted by Crippen LogP contribution is -2.31. The summed E-state index contributed by atoms with van der Waals surface area (Å²) in [6.45, 7) is 2.98. The molecular formula is C24H27ClN4OS. The Hall–Kier alpha value is -2.57. The van der Waals surface area contributed by atoms with Gasteiger partial charge in [-0.3, -0.25) is 4.79 Å². The van der Waals surface area contributed by atoms with Crippen LogP contribution in [0, 0.1) is 0 Å². The molecule has 1 N–H and O–H groups in total. The van der Waals surface area contributed by atoms with E-state index >= 15 is 0 Å². The molecule has 2 aromatic carbocycles. The van der Waals surface area contributed by atoms with Crippen molar-refractivity contribution in [3.05, 3.63) is 83.0 Å². The number of benzene rings is 2. The second-order valence-electron chi connectivity index (χ2n) is 7.26. The first kappa shape index (κ1) is 23.1. The van der Waals surface area contributed by atoms with E-state index in [1.54, 1.807) is 6.07 Å². The van der Waals surface area contributed by atoms with Crippen molar-refractivity contribution >= 4 is 35.1 Å². The van der Waals surface area contributed by atoms with Crippen molar-refractivity contribution in [1.82, 2.24) is 15.3 Å². The van der Waals surface area contributed by atoms with E-state index < -0.39 is 0 Å². The second-order valence-corrected chi connectivity index (χ2v) is 8.59. The molecule has 0 aliphatic carbocycles. The lowest BCUT2D eigenvalue weighted by Gasteiger charge is -2.20. The third-order valence-electron chi connectivity index (χ3n) is 4.76. The molecule has 0 aliphatic heterocycles. The first-order chi connectivity index (χ1) is 15.0. The van der Waals surface area contributed by atoms with Crippen molar-refractivity contribution < 1.29 is 4.79 Å². The van der Waals surface area contributed by atoms with Gasteiger partial charge in [-0.05, 0) is 24.0 Å². The van der Waals surface area contributed by atoms with E-state index in [4.69, 9.17) is 11.6 Å². The molecule has 0 fully saturated rings. The lowest BCUT2D eigenvalue weighted by atomic mass is 9.99. The van der Waals surface area contributed by atoms with Gasteiger partial charge in [-0.2, -0.15) is 0 Å². The molecule has 7 heteroatoms. The molecule has 162 valence electrons. The summed E-state index contributed by atoms with van der Waals surface area (Å²) in [5.41, 5.74) is 2.25. The normalized spacial score (nSPS) is 11.7. The van der Waals surface area contributed by atoms with Gasteiger partial charge in [0.1, 0.15) is 11.0 Å². The van der Waals surface area contributed by atoms with E-state index in [1.807, 2.05) is 60.5 Å². The van der Waals surface area contributed by atoms with E-state index in [-0.39, 0.29) is 17.7 Å². The van der Waals surface area contributed by atoms with Crippen molar-refractivity contribution in [2.45, 2.75) is 31.0 Å². The van der Waals surface area contributed by atoms with Crippen LogP contribution in [0.5, 0.6) is 0 Å². The zero-order valence-electron chi connectivity index (χ0n) is 17.8. The van der Waals surface area contributed by atoms with E-state index in [9.17, 15) is 4.79 Å². The van der Waals surface area contributed by atoms with Crippen LogP contribution in [0.2, 0.25) is 5.15 Å². The SMILES string of the molecule is CCCN(C)c1cc(Cl)nc(SCC(=O)NC(Cc2ccccc2)c2ccccc2)n1. The highest BCUT2D eigenvalue weighted by Gasteiger charge is 2.16. The van der Waals surface area contributed by atoms with E-state index in [1.165, 1.54) is 17.3 Å². The topological polar surface area (TPSA) is 58.1 Å². The maximum absolute atomic E-state index is 12.8. The molecule has 3 aromatic rings. The maximum Gasteiger partial charge on any atom is 0.230 e. The van der Waals surface area contributed by atoms with E-state index in [2.05, 4.69) is 34.3 Å². The number of thioether (sulfide) groups is 1. The largest absolute Gasteiger partial charge is 0.360 e. The van der Waals surface area contributed by atoms with Crippen molar-refractivity contribution in [2.75, 3.05) is 24.2 Å². The number of nitrogens with one attached hydrogen (secondary N) is 1. The van der Waals surface area contributed by atoms with Gasteiger partial charge in [-0.25, -0.2) is 9.97 Å². The van der Waals surface area contributed by atoms with Crippen molar-refractivity contribution in [3.63, 3.8) is 0 Å². The molecule has 0 saturated carbocycles. The quantitative estimate of drug-likeness (QED) is 0.260. The minimum atomic E-state index is -0.108. The summed E-state index contributed by atoms with van der Waals surface area (Å²) in [7, 11) is 1.97. The predicted octanol–water partition coefficient (Wildman–Crippen LogP) is 5.17. The number of carbonyl (C=O) groups is 1. The molecule has 0 saturated heterocycles. The summed E-state index contributed by atoms with van der Waals surface area (Å²) >= 11 is 7.46. The number of rotatable bonds is 10. The molecule has 1 atom stereocenters. The highest BCUT2D eigenvalue weighted by atomic mass is 35.5. The first-order valence-electron chi connectivity index (χ1n) is 10.3. The molecule has 1 amide bonds. The Morgan fingerprint density at radius 3 is 2.45 bits per heavy atom. The Balaban J connectivity index is 1.66. The van der Waals surface area contributed by atoms with Gasteiger partial charge in [0.25, 0.3) is 0 Å². The summed E-state index contributed by atoms with van der Waals surface area (Å²) in [6, 6.07) is 21.8. The Morgan fingerprint density at radius 1 is 1.10 bits per heavy atom. The van der Waals surface area contributed by atoms with Crippen LogP contribution in [-0.2, 0) is 11.2 Å². The van der Waals surface area contributed by atoms with Gasteiger partial charge in [0.2, 0.25) is 5.91 Å². The molecule has 31 heavy (non-hydrogen) atoms. The summed E-state index contributed by atoms with van der Waals surface area (Å²) in [6.07, 6.45) is 1.73. The molecule has 0 bridgehead atoms. The van der Waals surface area contributed by atoms with Gasteiger partial charge in [0.15, 0.2) is 5.16 Å². The first-order valence-corrected chi connectivity index (χ1v) is 11.7. The summed E-state index contributed by atoms with van der Waals surface area (Å²) in [4.78, 5) is 23.6. The van der Waals surface area contributed by atoms with Gasteiger partial charge < -0.3 is 10.2 Å². The predicted molar refractivity (Wildman–Crippen MR) is 129 cm³/mol. The fraction of sp³-hybridized carbons (Fsp3) is 0.292. The minimum absolute atomic E-state index is 0.0678. The molecule has 0 radical (unpaired) electrons. The van der Waals surface area contributed by atoms with Gasteiger partial charge in [0, 0.05) is 19.7 Å². The molecule has 1 heterocycles. The number of hydrogen-bond acceptors (Lipinski definition) is 5. The van der Waals surface area contributed by atoms with Crippen LogP contribution in [0.4, 0.5) is 5.82 Å². The number of aromatic nitrogens is 2. The fourth-order valence-corrected chi connectivity index (χ4v) is 4.14. The standard InChI is InChI=1S/C24H27ClN4OS/c1-3-14-29(2)22-16-21(25)27-24(28-22)31-17-23(30)26-20(19-12-8-5-9-13-19)15-18-10-6-4-7-11-18/h4-13,16,20H,3,14-15,17H2,1-2H3,(H,26,30). The lowest BCUT2D eigenvalue weighted by molar-refractivity contribution is -0.119. The Kier molecular flexibility index (Phi) is 8.74. The van der Waals surface area contributed by atoms with Crippen LogP contribution >= 0.6 is 23.4 Å². The number of hydrogen-bond donors (Lipinski definition) is 1. The van der Waals surface area contributed by atoms with Crippen LogP contribution in [-0.4, -0.2) is 35.2 Å². The van der Waals surface area contributed by atoms with E-state index in [0.717, 1.165) is 30.8 Å². The van der Waals surface area contributed by atoms with Crippen LogP contribution < -0.4 is 10.2 Å². The van der Waals surface area contributed by atoms with Crippen LogP contribution in [0.1, 0.15) is 30.5 Å². The van der Waals surface area contributed by atoms with Gasteiger partial charge in [-0.15, -0.1) is 0 Å². The molecular weight excluding hydrogens is 428 g/mol. The zero-order valence-corrected chi connectivity index (χ0v) is 19.4. The van der Waals surface area contributed by atoms with Gasteiger partial charge in [-0.1, -0.05) is 91.0 Å². The summed E-state index contributed by atoms with van der Waals surface area (Å²) < 4.78 is 0. The minimum Gasteiger partial charge on any atom is -0.360 e. The highest BCUT2D eigenvalue weighted by Crippen LogP contribution is 2.22. The fourth-order valence-electron chi connectivity index (χ4n) is 3.25. The number of amides is 1. The maximum atomic E-state index is 12.8. The monoisotopic (exact) mass is 454 g/mol. The molecule has 3 rings (SSSR count). The Morgan fingerprint density at radius 2 is 1.77 bits per heavy atom. The number of halogens is 1. The third-order valence-corrected chi connectivity index (χ3v) is 5.80.